The number of methoxy groups -OCH3 is 2. The molecule has 0 aliphatic carbocycles. The highest BCUT2D eigenvalue weighted by Crippen LogP contribution is 2.30. The molecule has 0 spiro atoms. The number of amides is 1. The van der Waals surface area contributed by atoms with Gasteiger partial charge in [0, 0.05) is 17.5 Å². The fraction of sp³-hybridized carbons (Fsp3) is 0.238. The molecule has 1 heterocycles. The largest absolute Gasteiger partial charge is 0.497 e. The summed E-state index contributed by atoms with van der Waals surface area (Å²) in [6, 6.07) is 13.5. The van der Waals surface area contributed by atoms with Crippen LogP contribution in [-0.4, -0.2) is 24.7 Å². The minimum atomic E-state index is -0.709. The molecule has 0 radical (unpaired) electrons. The van der Waals surface area contributed by atoms with Crippen LogP contribution in [0.1, 0.15) is 18.5 Å². The van der Waals surface area contributed by atoms with Crippen LogP contribution in [0.3, 0.4) is 0 Å². The van der Waals surface area contributed by atoms with E-state index in [-0.39, 0.29) is 11.5 Å². The molecule has 0 bridgehead atoms. The molecule has 6 heteroatoms. The van der Waals surface area contributed by atoms with Crippen LogP contribution in [0.5, 0.6) is 11.5 Å². The van der Waals surface area contributed by atoms with Crippen molar-refractivity contribution in [3.63, 3.8) is 0 Å². The van der Waals surface area contributed by atoms with Crippen LogP contribution in [0, 0.1) is 6.92 Å². The predicted molar refractivity (Wildman–Crippen MR) is 106 cm³/mol. The van der Waals surface area contributed by atoms with Gasteiger partial charge in [-0.3, -0.25) is 14.2 Å². The summed E-state index contributed by atoms with van der Waals surface area (Å²) >= 11 is 0. The van der Waals surface area contributed by atoms with Gasteiger partial charge in [-0.2, -0.15) is 0 Å². The number of carbonyl (C=O) groups is 1. The van der Waals surface area contributed by atoms with Crippen molar-refractivity contribution in [2.45, 2.75) is 19.9 Å². The molecule has 1 amide bonds. The Morgan fingerprint density at radius 3 is 2.52 bits per heavy atom. The summed E-state index contributed by atoms with van der Waals surface area (Å²) in [5.74, 6) is 0.784. The molecule has 0 aliphatic rings. The van der Waals surface area contributed by atoms with Crippen molar-refractivity contribution in [2.24, 2.45) is 0 Å². The van der Waals surface area contributed by atoms with Gasteiger partial charge in [-0.15, -0.1) is 0 Å². The van der Waals surface area contributed by atoms with E-state index in [0.29, 0.717) is 17.2 Å². The highest BCUT2D eigenvalue weighted by atomic mass is 16.5. The molecular weight excluding hydrogens is 344 g/mol. The zero-order chi connectivity index (χ0) is 19.6. The maximum absolute atomic E-state index is 12.9. The van der Waals surface area contributed by atoms with Crippen LogP contribution >= 0.6 is 0 Å². The van der Waals surface area contributed by atoms with Gasteiger partial charge in [-0.25, -0.2) is 0 Å². The molecule has 3 aromatic rings. The average Bonchev–Trinajstić information content (AvgIpc) is 2.67. The Labute approximate surface area is 157 Å². The van der Waals surface area contributed by atoms with Gasteiger partial charge >= 0.3 is 0 Å². The number of para-hydroxylation sites is 1. The number of fused-ring (bicyclic) bond motifs is 1. The highest BCUT2D eigenvalue weighted by molar-refractivity contribution is 5.96. The summed E-state index contributed by atoms with van der Waals surface area (Å²) in [7, 11) is 3.08. The third-order valence-electron chi connectivity index (χ3n) is 4.60. The maximum atomic E-state index is 12.9. The lowest BCUT2D eigenvalue weighted by molar-refractivity contribution is -0.118. The van der Waals surface area contributed by atoms with E-state index in [1.54, 1.807) is 38.3 Å². The normalized spacial score (nSPS) is 11.9. The van der Waals surface area contributed by atoms with Crippen molar-refractivity contribution in [2.75, 3.05) is 19.5 Å². The van der Waals surface area contributed by atoms with Crippen LogP contribution in [0.25, 0.3) is 10.9 Å². The van der Waals surface area contributed by atoms with Crippen LogP contribution in [-0.2, 0) is 4.79 Å². The summed E-state index contributed by atoms with van der Waals surface area (Å²) in [6.45, 7) is 3.59. The van der Waals surface area contributed by atoms with E-state index in [2.05, 4.69) is 5.32 Å². The molecule has 1 aromatic heterocycles. The Morgan fingerprint density at radius 1 is 1.07 bits per heavy atom. The van der Waals surface area contributed by atoms with E-state index in [1.807, 2.05) is 31.2 Å². The standard InChI is InChI=1S/C21H22N2O4/c1-13-11-20(24)23(18-8-6-5-7-16(13)18)14(2)21(25)22-17-12-15(26-3)9-10-19(17)27-4/h5-12,14H,1-4H3,(H,22,25). The first-order valence-electron chi connectivity index (χ1n) is 8.60. The first-order chi connectivity index (χ1) is 13.0. The molecule has 2 aromatic carbocycles. The summed E-state index contributed by atoms with van der Waals surface area (Å²) in [4.78, 5) is 25.5. The molecule has 1 atom stereocenters. The van der Waals surface area contributed by atoms with Gasteiger partial charge in [0.1, 0.15) is 17.5 Å². The first-order valence-corrected chi connectivity index (χ1v) is 8.60. The van der Waals surface area contributed by atoms with Crippen molar-refractivity contribution in [1.82, 2.24) is 4.57 Å². The summed E-state index contributed by atoms with van der Waals surface area (Å²) in [5.41, 5.74) is 1.88. The number of pyridine rings is 1. The van der Waals surface area contributed by atoms with E-state index in [0.717, 1.165) is 16.5 Å². The van der Waals surface area contributed by atoms with E-state index >= 15 is 0 Å². The van der Waals surface area contributed by atoms with Crippen molar-refractivity contribution in [3.8, 4) is 11.5 Å². The van der Waals surface area contributed by atoms with Crippen molar-refractivity contribution < 1.29 is 14.3 Å². The zero-order valence-electron chi connectivity index (χ0n) is 15.8. The second-order valence-corrected chi connectivity index (χ2v) is 6.28. The zero-order valence-corrected chi connectivity index (χ0v) is 15.8. The predicted octanol–water partition coefficient (Wildman–Crippen LogP) is 3.53. The maximum Gasteiger partial charge on any atom is 0.252 e. The Morgan fingerprint density at radius 2 is 1.81 bits per heavy atom. The van der Waals surface area contributed by atoms with Crippen LogP contribution in [0.15, 0.2) is 53.3 Å². The number of anilines is 1. The number of rotatable bonds is 5. The second-order valence-electron chi connectivity index (χ2n) is 6.28. The SMILES string of the molecule is COc1ccc(OC)c(NC(=O)C(C)n2c(=O)cc(C)c3ccccc32)c1. The lowest BCUT2D eigenvalue weighted by Crippen LogP contribution is -2.32. The number of aryl methyl sites for hydroxylation is 1. The third-order valence-corrected chi connectivity index (χ3v) is 4.60. The number of hydrogen-bond acceptors (Lipinski definition) is 4. The van der Waals surface area contributed by atoms with Gasteiger partial charge in [0.2, 0.25) is 5.91 Å². The smallest absolute Gasteiger partial charge is 0.252 e. The van der Waals surface area contributed by atoms with Gasteiger partial charge in [0.15, 0.2) is 0 Å². The van der Waals surface area contributed by atoms with Gasteiger partial charge < -0.3 is 14.8 Å². The van der Waals surface area contributed by atoms with Crippen molar-refractivity contribution in [3.05, 3.63) is 64.4 Å². The van der Waals surface area contributed by atoms with Crippen LogP contribution < -0.4 is 20.3 Å². The fourth-order valence-electron chi connectivity index (χ4n) is 3.13. The minimum Gasteiger partial charge on any atom is -0.497 e. The Bertz CT molecular complexity index is 1060. The molecule has 0 saturated carbocycles. The van der Waals surface area contributed by atoms with Crippen molar-refractivity contribution >= 4 is 22.5 Å². The minimum absolute atomic E-state index is 0.216. The molecule has 140 valence electrons. The fourth-order valence-corrected chi connectivity index (χ4v) is 3.13. The molecule has 0 saturated heterocycles. The van der Waals surface area contributed by atoms with Crippen molar-refractivity contribution in [1.29, 1.82) is 0 Å². The molecule has 27 heavy (non-hydrogen) atoms. The average molecular weight is 366 g/mol. The topological polar surface area (TPSA) is 69.6 Å². The molecule has 0 fully saturated rings. The number of carbonyl (C=O) groups excluding carboxylic acids is 1. The molecule has 0 aliphatic heterocycles. The second kappa shape index (κ2) is 7.53. The number of ether oxygens (including phenoxy) is 2. The highest BCUT2D eigenvalue weighted by Gasteiger charge is 2.20. The molecular formula is C21H22N2O4. The van der Waals surface area contributed by atoms with E-state index in [4.69, 9.17) is 9.47 Å². The Balaban J connectivity index is 2.00. The van der Waals surface area contributed by atoms with Gasteiger partial charge in [-0.05, 0) is 37.6 Å². The van der Waals surface area contributed by atoms with E-state index in [9.17, 15) is 9.59 Å². The third kappa shape index (κ3) is 3.51. The van der Waals surface area contributed by atoms with Gasteiger partial charge in [0.25, 0.3) is 5.56 Å². The van der Waals surface area contributed by atoms with E-state index in [1.165, 1.54) is 11.7 Å². The number of hydrogen-bond donors (Lipinski definition) is 1. The first kappa shape index (κ1) is 18.5. The van der Waals surface area contributed by atoms with Gasteiger partial charge in [-0.1, -0.05) is 18.2 Å². The lowest BCUT2D eigenvalue weighted by atomic mass is 10.1. The number of benzene rings is 2. The molecule has 3 rings (SSSR count). The Kier molecular flexibility index (Phi) is 5.16. The lowest BCUT2D eigenvalue weighted by Gasteiger charge is -2.19. The number of nitrogens with zero attached hydrogens (tertiary/aromatic N) is 1. The summed E-state index contributed by atoms with van der Waals surface area (Å²) in [5, 5.41) is 3.78. The van der Waals surface area contributed by atoms with Crippen LogP contribution in [0.4, 0.5) is 5.69 Å². The summed E-state index contributed by atoms with van der Waals surface area (Å²) in [6.07, 6.45) is 0. The van der Waals surface area contributed by atoms with Crippen LogP contribution in [0.2, 0.25) is 0 Å². The Hall–Kier alpha value is -3.28. The summed E-state index contributed by atoms with van der Waals surface area (Å²) < 4.78 is 12.0. The monoisotopic (exact) mass is 366 g/mol. The number of aromatic nitrogens is 1. The van der Waals surface area contributed by atoms with Gasteiger partial charge in [0.05, 0.1) is 25.4 Å². The molecule has 1 N–H and O–H groups in total. The quantitative estimate of drug-likeness (QED) is 0.750. The van der Waals surface area contributed by atoms with E-state index < -0.39 is 6.04 Å². The number of nitrogens with one attached hydrogen (secondary N) is 1. The molecule has 6 nitrogen and oxygen atoms in total. The molecule has 1 unspecified atom stereocenters.